The van der Waals surface area contributed by atoms with Gasteiger partial charge >= 0.3 is 5.97 Å². The molecule has 0 bridgehead atoms. The predicted octanol–water partition coefficient (Wildman–Crippen LogP) is 2.52. The van der Waals surface area contributed by atoms with Gasteiger partial charge in [-0.2, -0.15) is 5.10 Å². The third-order valence-electron chi connectivity index (χ3n) is 3.69. The van der Waals surface area contributed by atoms with Crippen molar-refractivity contribution in [2.45, 2.75) is 0 Å². The number of nitrogens with zero attached hydrogens (tertiary/aromatic N) is 1. The van der Waals surface area contributed by atoms with E-state index >= 15 is 0 Å². The standard InChI is InChI=1S/C21H16FN3O5/c22-16-6-2-5-15(11-16)20(27)23-13-19(26)25-24-12-14-4-1-7-17(10-14)30-21(28)18-8-3-9-29-18/h1-12H,13H2,(H,23,27)(H,25,26)/b24-12-. The molecule has 0 aliphatic rings. The molecule has 9 heteroatoms. The molecule has 30 heavy (non-hydrogen) atoms. The van der Waals surface area contributed by atoms with E-state index in [4.69, 9.17) is 9.15 Å². The first-order valence-corrected chi connectivity index (χ1v) is 8.73. The fourth-order valence-electron chi connectivity index (χ4n) is 2.32. The van der Waals surface area contributed by atoms with E-state index in [0.717, 1.165) is 6.07 Å². The molecule has 2 aromatic carbocycles. The van der Waals surface area contributed by atoms with Crippen LogP contribution in [0.25, 0.3) is 0 Å². The van der Waals surface area contributed by atoms with Gasteiger partial charge in [-0.15, -0.1) is 0 Å². The van der Waals surface area contributed by atoms with Gasteiger partial charge in [-0.1, -0.05) is 18.2 Å². The number of rotatable bonds is 7. The number of furan rings is 1. The molecule has 0 aliphatic carbocycles. The number of carbonyl (C=O) groups excluding carboxylic acids is 3. The summed E-state index contributed by atoms with van der Waals surface area (Å²) in [5, 5.41) is 6.14. The van der Waals surface area contributed by atoms with Crippen LogP contribution in [0.5, 0.6) is 5.75 Å². The van der Waals surface area contributed by atoms with Crippen LogP contribution in [0.15, 0.2) is 76.4 Å². The lowest BCUT2D eigenvalue weighted by Crippen LogP contribution is -2.34. The van der Waals surface area contributed by atoms with Crippen molar-refractivity contribution in [1.82, 2.24) is 10.7 Å². The van der Waals surface area contributed by atoms with E-state index in [1.165, 1.54) is 36.7 Å². The van der Waals surface area contributed by atoms with Gasteiger partial charge < -0.3 is 14.5 Å². The second kappa shape index (κ2) is 9.78. The number of hydrazone groups is 1. The lowest BCUT2D eigenvalue weighted by molar-refractivity contribution is -0.120. The molecule has 0 atom stereocenters. The lowest BCUT2D eigenvalue weighted by Gasteiger charge is -2.05. The van der Waals surface area contributed by atoms with Crippen LogP contribution in [0.1, 0.15) is 26.5 Å². The first kappa shape index (κ1) is 20.5. The molecule has 0 fully saturated rings. The Balaban J connectivity index is 1.48. The van der Waals surface area contributed by atoms with Gasteiger partial charge in [-0.25, -0.2) is 14.6 Å². The molecular formula is C21H16FN3O5. The normalized spacial score (nSPS) is 10.6. The number of ether oxygens (including phenoxy) is 1. The molecule has 1 aromatic heterocycles. The van der Waals surface area contributed by atoms with Gasteiger partial charge in [0.05, 0.1) is 19.0 Å². The topological polar surface area (TPSA) is 110 Å². The molecule has 3 aromatic rings. The Morgan fingerprint density at radius 1 is 1.07 bits per heavy atom. The fraction of sp³-hybridized carbons (Fsp3) is 0.0476. The number of hydrogen-bond acceptors (Lipinski definition) is 6. The molecule has 0 radical (unpaired) electrons. The molecule has 3 rings (SSSR count). The minimum Gasteiger partial charge on any atom is -0.457 e. The molecule has 0 aliphatic heterocycles. The molecule has 0 saturated carbocycles. The van der Waals surface area contributed by atoms with Crippen molar-refractivity contribution < 1.29 is 27.9 Å². The lowest BCUT2D eigenvalue weighted by atomic mass is 10.2. The number of esters is 1. The quantitative estimate of drug-likeness (QED) is 0.270. The summed E-state index contributed by atoms with van der Waals surface area (Å²) in [5.74, 6) is -2.00. The maximum atomic E-state index is 13.1. The van der Waals surface area contributed by atoms with Gasteiger partial charge in [0, 0.05) is 5.56 Å². The van der Waals surface area contributed by atoms with E-state index in [2.05, 4.69) is 15.8 Å². The van der Waals surface area contributed by atoms with Crippen LogP contribution in [0.3, 0.4) is 0 Å². The summed E-state index contributed by atoms with van der Waals surface area (Å²) >= 11 is 0. The Hall–Kier alpha value is -4.27. The van der Waals surface area contributed by atoms with Gasteiger partial charge in [0.2, 0.25) is 5.76 Å². The maximum Gasteiger partial charge on any atom is 0.379 e. The number of nitrogens with one attached hydrogen (secondary N) is 2. The highest BCUT2D eigenvalue weighted by Crippen LogP contribution is 2.14. The van der Waals surface area contributed by atoms with Gasteiger partial charge in [0.1, 0.15) is 11.6 Å². The molecule has 1 heterocycles. The van der Waals surface area contributed by atoms with Crippen LogP contribution in [0, 0.1) is 5.82 Å². The van der Waals surface area contributed by atoms with Gasteiger partial charge in [-0.05, 0) is 48.0 Å². The zero-order valence-electron chi connectivity index (χ0n) is 15.5. The monoisotopic (exact) mass is 409 g/mol. The Kier molecular flexibility index (Phi) is 6.67. The van der Waals surface area contributed by atoms with Crippen molar-refractivity contribution in [3.8, 4) is 5.75 Å². The van der Waals surface area contributed by atoms with Crippen molar-refractivity contribution >= 4 is 24.0 Å². The largest absolute Gasteiger partial charge is 0.457 e. The molecular weight excluding hydrogens is 393 g/mol. The van der Waals surface area contributed by atoms with Crippen LogP contribution < -0.4 is 15.5 Å². The number of hydrogen-bond donors (Lipinski definition) is 2. The fourth-order valence-corrected chi connectivity index (χ4v) is 2.32. The minimum absolute atomic E-state index is 0.0709. The van der Waals surface area contributed by atoms with E-state index in [1.54, 1.807) is 30.3 Å². The highest BCUT2D eigenvalue weighted by molar-refractivity contribution is 5.96. The Morgan fingerprint density at radius 3 is 2.67 bits per heavy atom. The van der Waals surface area contributed by atoms with E-state index < -0.39 is 23.6 Å². The van der Waals surface area contributed by atoms with Crippen LogP contribution in [0.2, 0.25) is 0 Å². The molecule has 0 spiro atoms. The van der Waals surface area contributed by atoms with Crippen molar-refractivity contribution in [2.75, 3.05) is 6.54 Å². The van der Waals surface area contributed by atoms with E-state index in [0.29, 0.717) is 5.56 Å². The molecule has 2 amide bonds. The van der Waals surface area contributed by atoms with Crippen LogP contribution in [-0.2, 0) is 4.79 Å². The Labute approximate surface area is 170 Å². The SMILES string of the molecule is O=C(CNC(=O)c1cccc(F)c1)N/N=C\c1cccc(OC(=O)c2ccco2)c1. The minimum atomic E-state index is -0.642. The molecule has 0 unspecified atom stereocenters. The van der Waals surface area contributed by atoms with Crippen LogP contribution in [-0.4, -0.2) is 30.5 Å². The summed E-state index contributed by atoms with van der Waals surface area (Å²) in [6, 6.07) is 14.6. The molecule has 8 nitrogen and oxygen atoms in total. The molecule has 152 valence electrons. The van der Waals surface area contributed by atoms with E-state index in [9.17, 15) is 18.8 Å². The van der Waals surface area contributed by atoms with Gasteiger partial charge in [-0.3, -0.25) is 9.59 Å². The third kappa shape index (κ3) is 5.86. The number of carbonyl (C=O) groups is 3. The highest BCUT2D eigenvalue weighted by atomic mass is 19.1. The van der Waals surface area contributed by atoms with E-state index in [1.807, 2.05) is 0 Å². The number of amides is 2. The summed E-state index contributed by atoms with van der Waals surface area (Å²) in [6.07, 6.45) is 2.71. The zero-order chi connectivity index (χ0) is 21.3. The summed E-state index contributed by atoms with van der Waals surface area (Å²) in [6.45, 7) is -0.340. The highest BCUT2D eigenvalue weighted by Gasteiger charge is 2.11. The predicted molar refractivity (Wildman–Crippen MR) is 105 cm³/mol. The number of benzene rings is 2. The average Bonchev–Trinajstić information content (AvgIpc) is 3.27. The van der Waals surface area contributed by atoms with E-state index in [-0.39, 0.29) is 23.6 Å². The smallest absolute Gasteiger partial charge is 0.379 e. The maximum absolute atomic E-state index is 13.1. The summed E-state index contributed by atoms with van der Waals surface area (Å²) in [4.78, 5) is 35.5. The average molecular weight is 409 g/mol. The molecule has 2 N–H and O–H groups in total. The summed E-state index contributed by atoms with van der Waals surface area (Å²) in [7, 11) is 0. The first-order chi connectivity index (χ1) is 14.5. The van der Waals surface area contributed by atoms with Crippen molar-refractivity contribution in [3.63, 3.8) is 0 Å². The molecule has 0 saturated heterocycles. The van der Waals surface area contributed by atoms with Gasteiger partial charge in [0.15, 0.2) is 0 Å². The third-order valence-corrected chi connectivity index (χ3v) is 3.69. The van der Waals surface area contributed by atoms with Crippen molar-refractivity contribution in [3.05, 3.63) is 89.6 Å². The first-order valence-electron chi connectivity index (χ1n) is 8.73. The van der Waals surface area contributed by atoms with Gasteiger partial charge in [0.25, 0.3) is 11.8 Å². The Morgan fingerprint density at radius 2 is 1.90 bits per heavy atom. The summed E-state index contributed by atoms with van der Waals surface area (Å²) < 4.78 is 23.3. The van der Waals surface area contributed by atoms with Crippen molar-refractivity contribution in [1.29, 1.82) is 0 Å². The second-order valence-electron chi connectivity index (χ2n) is 5.93. The second-order valence-corrected chi connectivity index (χ2v) is 5.93. The van der Waals surface area contributed by atoms with Crippen LogP contribution in [0.4, 0.5) is 4.39 Å². The van der Waals surface area contributed by atoms with Crippen LogP contribution >= 0.6 is 0 Å². The van der Waals surface area contributed by atoms with Crippen molar-refractivity contribution in [2.24, 2.45) is 5.10 Å². The Bertz CT molecular complexity index is 1080. The summed E-state index contributed by atoms with van der Waals surface area (Å²) in [5.41, 5.74) is 2.91. The zero-order valence-corrected chi connectivity index (χ0v) is 15.5. The number of halogens is 1.